The molecule has 0 aliphatic rings. The van der Waals surface area contributed by atoms with Crippen molar-refractivity contribution >= 4 is 17.6 Å². The van der Waals surface area contributed by atoms with Crippen LogP contribution in [-0.4, -0.2) is 28.6 Å². The van der Waals surface area contributed by atoms with E-state index in [1.165, 1.54) is 0 Å². The minimum Gasteiger partial charge on any atom is -0.477 e. The van der Waals surface area contributed by atoms with Crippen LogP contribution in [-0.2, 0) is 9.53 Å². The third-order valence-corrected chi connectivity index (χ3v) is 2.27. The third-order valence-electron chi connectivity index (χ3n) is 2.27. The topological polar surface area (TPSA) is 107 Å². The van der Waals surface area contributed by atoms with Crippen LogP contribution in [0.5, 0.6) is 0 Å². The van der Waals surface area contributed by atoms with Gasteiger partial charge in [0.25, 0.3) is 5.69 Å². The lowest BCUT2D eigenvalue weighted by atomic mass is 10.1. The molecule has 0 aliphatic carbocycles. The zero-order valence-corrected chi connectivity index (χ0v) is 10.9. The molecule has 7 nitrogen and oxygen atoms in total. The Bertz CT molecular complexity index is 659. The van der Waals surface area contributed by atoms with Crippen molar-refractivity contribution in [3.8, 4) is 11.8 Å². The van der Waals surface area contributed by atoms with Crippen molar-refractivity contribution in [3.05, 3.63) is 39.2 Å². The van der Waals surface area contributed by atoms with Crippen LogP contribution in [0.4, 0.5) is 10.1 Å². The number of halogens is 1. The highest BCUT2D eigenvalue weighted by atomic mass is 19.1. The summed E-state index contributed by atoms with van der Waals surface area (Å²) in [5, 5.41) is 19.5. The van der Waals surface area contributed by atoms with Gasteiger partial charge in [0.1, 0.15) is 17.8 Å². The van der Waals surface area contributed by atoms with Crippen LogP contribution in [0, 0.1) is 27.8 Å². The molecular weight excluding hydrogens is 285 g/mol. The molecule has 21 heavy (non-hydrogen) atoms. The molecule has 8 heteroatoms. The molecule has 1 aromatic rings. The number of carboxylic acid groups (broad SMARTS) is 1. The molecule has 0 bridgehead atoms. The van der Waals surface area contributed by atoms with Gasteiger partial charge in [0.05, 0.1) is 17.1 Å². The van der Waals surface area contributed by atoms with E-state index in [1.54, 1.807) is 6.92 Å². The van der Waals surface area contributed by atoms with E-state index in [2.05, 4.69) is 16.6 Å². The SMILES string of the molecule is CCOC(=O)CC#Cc1cc([N+](=O)[O-])c(C(=O)O)cc1F. The molecule has 0 radical (unpaired) electrons. The fourth-order valence-corrected chi connectivity index (χ4v) is 1.40. The van der Waals surface area contributed by atoms with Gasteiger partial charge in [-0.05, 0) is 13.0 Å². The summed E-state index contributed by atoms with van der Waals surface area (Å²) in [5.41, 5.74) is -1.91. The average molecular weight is 295 g/mol. The quantitative estimate of drug-likeness (QED) is 0.392. The van der Waals surface area contributed by atoms with Crippen LogP contribution < -0.4 is 0 Å². The van der Waals surface area contributed by atoms with Crippen molar-refractivity contribution in [2.75, 3.05) is 6.61 Å². The van der Waals surface area contributed by atoms with Gasteiger partial charge < -0.3 is 9.84 Å². The predicted octanol–water partition coefficient (Wildman–Crippen LogP) is 1.74. The highest BCUT2D eigenvalue weighted by Gasteiger charge is 2.22. The first-order valence-corrected chi connectivity index (χ1v) is 5.72. The second-order valence-electron chi connectivity index (χ2n) is 3.70. The average Bonchev–Trinajstić information content (AvgIpc) is 2.40. The van der Waals surface area contributed by atoms with E-state index in [4.69, 9.17) is 5.11 Å². The van der Waals surface area contributed by atoms with Crippen molar-refractivity contribution in [1.29, 1.82) is 0 Å². The Morgan fingerprint density at radius 2 is 2.14 bits per heavy atom. The van der Waals surface area contributed by atoms with Gasteiger partial charge in [0.15, 0.2) is 0 Å². The third kappa shape index (κ3) is 4.28. The lowest BCUT2D eigenvalue weighted by Gasteiger charge is -2.00. The molecule has 1 rings (SSSR count). The fourth-order valence-electron chi connectivity index (χ4n) is 1.40. The summed E-state index contributed by atoms with van der Waals surface area (Å²) in [6, 6.07) is 1.24. The smallest absolute Gasteiger partial charge is 0.342 e. The van der Waals surface area contributed by atoms with E-state index < -0.39 is 33.9 Å². The number of hydrogen-bond acceptors (Lipinski definition) is 5. The van der Waals surface area contributed by atoms with E-state index >= 15 is 0 Å². The number of benzene rings is 1. The van der Waals surface area contributed by atoms with Gasteiger partial charge in [0, 0.05) is 6.07 Å². The number of nitro benzene ring substituents is 1. The Kier molecular flexibility index (Phi) is 5.37. The first kappa shape index (κ1) is 16.1. The van der Waals surface area contributed by atoms with Crippen LogP contribution in [0.25, 0.3) is 0 Å². The van der Waals surface area contributed by atoms with Gasteiger partial charge in [-0.15, -0.1) is 0 Å². The van der Waals surface area contributed by atoms with E-state index in [0.29, 0.717) is 6.07 Å². The zero-order chi connectivity index (χ0) is 16.0. The molecule has 0 heterocycles. The minimum absolute atomic E-state index is 0.174. The Morgan fingerprint density at radius 1 is 1.48 bits per heavy atom. The van der Waals surface area contributed by atoms with Crippen LogP contribution in [0.2, 0.25) is 0 Å². The number of carboxylic acids is 1. The van der Waals surface area contributed by atoms with Gasteiger partial charge >= 0.3 is 11.9 Å². The molecular formula is C13H10FNO6. The molecule has 0 atom stereocenters. The number of carbonyl (C=O) groups excluding carboxylic acids is 1. The molecule has 0 saturated carbocycles. The second kappa shape index (κ2) is 7.00. The molecule has 0 fully saturated rings. The standard InChI is InChI=1S/C13H10FNO6/c1-2-21-12(16)5-3-4-8-6-11(15(19)20)9(13(17)18)7-10(8)14/h6-7H,2,5H2,1H3,(H,17,18). The number of nitro groups is 1. The van der Waals surface area contributed by atoms with Gasteiger partial charge in [-0.2, -0.15) is 0 Å². The minimum atomic E-state index is -1.62. The molecule has 0 spiro atoms. The highest BCUT2D eigenvalue weighted by Crippen LogP contribution is 2.22. The number of ether oxygens (including phenoxy) is 1. The number of nitrogens with zero attached hydrogens (tertiary/aromatic N) is 1. The van der Waals surface area contributed by atoms with Crippen LogP contribution >= 0.6 is 0 Å². The van der Waals surface area contributed by atoms with Crippen molar-refractivity contribution in [1.82, 2.24) is 0 Å². The number of aromatic carboxylic acids is 1. The fraction of sp³-hybridized carbons (Fsp3) is 0.231. The number of carbonyl (C=O) groups is 2. The van der Waals surface area contributed by atoms with Gasteiger partial charge in [-0.25, -0.2) is 9.18 Å². The van der Waals surface area contributed by atoms with Crippen molar-refractivity contribution in [2.24, 2.45) is 0 Å². The summed E-state index contributed by atoms with van der Waals surface area (Å²) in [6.45, 7) is 1.78. The predicted molar refractivity (Wildman–Crippen MR) is 68.1 cm³/mol. The molecule has 0 saturated heterocycles. The second-order valence-corrected chi connectivity index (χ2v) is 3.70. The number of rotatable bonds is 4. The highest BCUT2D eigenvalue weighted by molar-refractivity contribution is 5.92. The maximum Gasteiger partial charge on any atom is 0.342 e. The van der Waals surface area contributed by atoms with Crippen molar-refractivity contribution < 1.29 is 28.7 Å². The maximum atomic E-state index is 13.6. The first-order valence-electron chi connectivity index (χ1n) is 5.72. The van der Waals surface area contributed by atoms with E-state index in [1.807, 2.05) is 0 Å². The summed E-state index contributed by atoms with van der Waals surface area (Å²) < 4.78 is 18.2. The Hall–Kier alpha value is -2.95. The molecule has 0 unspecified atom stereocenters. The van der Waals surface area contributed by atoms with E-state index in [0.717, 1.165) is 6.07 Å². The van der Waals surface area contributed by atoms with Crippen LogP contribution in [0.3, 0.4) is 0 Å². The number of esters is 1. The Morgan fingerprint density at radius 3 is 2.67 bits per heavy atom. The molecule has 1 aromatic carbocycles. The normalized spacial score (nSPS) is 9.43. The number of hydrogen-bond donors (Lipinski definition) is 1. The van der Waals surface area contributed by atoms with Crippen LogP contribution in [0.1, 0.15) is 29.3 Å². The summed E-state index contributed by atoms with van der Waals surface area (Å²) in [7, 11) is 0. The van der Waals surface area contributed by atoms with Gasteiger partial charge in [-0.1, -0.05) is 11.8 Å². The Balaban J connectivity index is 3.12. The Labute approximate surface area is 118 Å². The first-order chi connectivity index (χ1) is 9.86. The van der Waals surface area contributed by atoms with E-state index in [-0.39, 0.29) is 18.6 Å². The van der Waals surface area contributed by atoms with Crippen LogP contribution in [0.15, 0.2) is 12.1 Å². The lowest BCUT2D eigenvalue weighted by Crippen LogP contribution is -2.05. The van der Waals surface area contributed by atoms with Gasteiger partial charge in [0.2, 0.25) is 0 Å². The van der Waals surface area contributed by atoms with Crippen molar-refractivity contribution in [3.63, 3.8) is 0 Å². The molecule has 1 N–H and O–H groups in total. The van der Waals surface area contributed by atoms with Crippen molar-refractivity contribution in [2.45, 2.75) is 13.3 Å². The van der Waals surface area contributed by atoms with Gasteiger partial charge in [-0.3, -0.25) is 14.9 Å². The summed E-state index contributed by atoms with van der Waals surface area (Å²) in [4.78, 5) is 31.6. The molecule has 0 aromatic heterocycles. The molecule has 0 amide bonds. The molecule has 0 aliphatic heterocycles. The lowest BCUT2D eigenvalue weighted by molar-refractivity contribution is -0.385. The molecule has 110 valence electrons. The summed E-state index contributed by atoms with van der Waals surface area (Å²) >= 11 is 0. The zero-order valence-electron chi connectivity index (χ0n) is 10.9. The summed E-state index contributed by atoms with van der Waals surface area (Å²) in [6.07, 6.45) is -0.304. The summed E-state index contributed by atoms with van der Waals surface area (Å²) in [5.74, 6) is 1.30. The van der Waals surface area contributed by atoms with E-state index in [9.17, 15) is 24.1 Å². The monoisotopic (exact) mass is 295 g/mol. The maximum absolute atomic E-state index is 13.6. The largest absolute Gasteiger partial charge is 0.477 e.